The van der Waals surface area contributed by atoms with E-state index in [9.17, 15) is 5.11 Å². The maximum atomic E-state index is 9.65. The third kappa shape index (κ3) is 2.04. The first-order valence-corrected chi connectivity index (χ1v) is 5.02. The van der Waals surface area contributed by atoms with E-state index < -0.39 is 6.10 Å². The summed E-state index contributed by atoms with van der Waals surface area (Å²) >= 11 is 5.91. The van der Waals surface area contributed by atoms with E-state index in [-0.39, 0.29) is 6.10 Å². The Bertz CT molecular complexity index is 350. The van der Waals surface area contributed by atoms with Crippen LogP contribution in [0.1, 0.15) is 0 Å². The minimum atomic E-state index is -0.506. The lowest BCUT2D eigenvalue weighted by Gasteiger charge is -2.16. The fraction of sp³-hybridized carbons (Fsp3) is 0.556. The average Bonchev–Trinajstić information content (AvgIpc) is 2.60. The molecule has 0 bridgehead atoms. The zero-order valence-corrected chi connectivity index (χ0v) is 9.05. The van der Waals surface area contributed by atoms with Crippen LogP contribution < -0.4 is 4.90 Å². The van der Waals surface area contributed by atoms with Gasteiger partial charge in [0.15, 0.2) is 11.0 Å². The highest BCUT2D eigenvalue weighted by molar-refractivity contribution is 6.31. The van der Waals surface area contributed by atoms with E-state index in [4.69, 9.17) is 16.3 Å². The summed E-state index contributed by atoms with van der Waals surface area (Å²) in [6.07, 6.45) is 2.41. The largest absolute Gasteiger partial charge is 0.388 e. The molecule has 0 spiro atoms. The Morgan fingerprint density at radius 3 is 2.80 bits per heavy atom. The van der Waals surface area contributed by atoms with Crippen LogP contribution in [0.25, 0.3) is 0 Å². The van der Waals surface area contributed by atoms with E-state index in [1.807, 2.05) is 4.90 Å². The van der Waals surface area contributed by atoms with E-state index >= 15 is 0 Å². The number of aliphatic hydroxyl groups is 1. The maximum absolute atomic E-state index is 9.65. The van der Waals surface area contributed by atoms with Crippen LogP contribution in [-0.2, 0) is 4.74 Å². The summed E-state index contributed by atoms with van der Waals surface area (Å²) in [7, 11) is 1.58. The predicted molar refractivity (Wildman–Crippen MR) is 56.1 cm³/mol. The van der Waals surface area contributed by atoms with Crippen LogP contribution in [0.15, 0.2) is 12.4 Å². The van der Waals surface area contributed by atoms with Crippen LogP contribution in [0.5, 0.6) is 0 Å². The second-order valence-electron chi connectivity index (χ2n) is 3.42. The first-order chi connectivity index (χ1) is 7.22. The van der Waals surface area contributed by atoms with Gasteiger partial charge in [-0.1, -0.05) is 11.6 Å². The van der Waals surface area contributed by atoms with Gasteiger partial charge in [0.2, 0.25) is 0 Å². The Hall–Kier alpha value is -0.910. The number of hydrogen-bond acceptors (Lipinski definition) is 5. The molecule has 1 N–H and O–H groups in total. The van der Waals surface area contributed by atoms with Crippen molar-refractivity contribution in [2.45, 2.75) is 12.2 Å². The van der Waals surface area contributed by atoms with Crippen molar-refractivity contribution in [2.75, 3.05) is 25.1 Å². The molecule has 1 fully saturated rings. The molecule has 1 aromatic heterocycles. The van der Waals surface area contributed by atoms with Gasteiger partial charge in [-0.05, 0) is 0 Å². The number of nitrogens with zero attached hydrogens (tertiary/aromatic N) is 3. The third-order valence-electron chi connectivity index (χ3n) is 2.48. The number of ether oxygens (including phenoxy) is 1. The van der Waals surface area contributed by atoms with Crippen molar-refractivity contribution >= 4 is 17.4 Å². The summed E-state index contributed by atoms with van der Waals surface area (Å²) in [5, 5.41) is 10.0. The van der Waals surface area contributed by atoms with E-state index in [2.05, 4.69) is 9.97 Å². The summed E-state index contributed by atoms with van der Waals surface area (Å²) in [5.41, 5.74) is 0. The van der Waals surface area contributed by atoms with Crippen LogP contribution in [0.3, 0.4) is 0 Å². The lowest BCUT2D eigenvalue weighted by molar-refractivity contribution is 0.0217. The molecule has 82 valence electrons. The van der Waals surface area contributed by atoms with Crippen molar-refractivity contribution in [3.8, 4) is 0 Å². The molecule has 2 rings (SSSR count). The Kier molecular flexibility index (Phi) is 3.04. The minimum Gasteiger partial charge on any atom is -0.388 e. The molecule has 6 heteroatoms. The Morgan fingerprint density at radius 1 is 1.47 bits per heavy atom. The Balaban J connectivity index is 2.17. The van der Waals surface area contributed by atoms with Gasteiger partial charge in [-0.25, -0.2) is 9.97 Å². The van der Waals surface area contributed by atoms with Gasteiger partial charge in [-0.2, -0.15) is 0 Å². The molecule has 1 aliphatic heterocycles. The first kappa shape index (κ1) is 10.6. The third-order valence-corrected chi connectivity index (χ3v) is 2.74. The van der Waals surface area contributed by atoms with Crippen molar-refractivity contribution in [1.82, 2.24) is 9.97 Å². The number of β-amino-alcohol motifs (C(OH)–C–C–N with tert-alkyl or cyclic N) is 1. The minimum absolute atomic E-state index is 0.192. The number of halogens is 1. The SMILES string of the molecule is CO[C@@H]1CN(c2nccnc2Cl)C[C@H]1O. The average molecular weight is 230 g/mol. The van der Waals surface area contributed by atoms with Crippen molar-refractivity contribution in [2.24, 2.45) is 0 Å². The summed E-state index contributed by atoms with van der Waals surface area (Å²) in [4.78, 5) is 9.94. The molecule has 2 heterocycles. The number of aromatic nitrogens is 2. The summed E-state index contributed by atoms with van der Waals surface area (Å²) in [5.74, 6) is 0.595. The van der Waals surface area contributed by atoms with E-state index in [0.29, 0.717) is 24.1 Å². The topological polar surface area (TPSA) is 58.5 Å². The van der Waals surface area contributed by atoms with Gasteiger partial charge in [-0.15, -0.1) is 0 Å². The quantitative estimate of drug-likeness (QED) is 0.792. The van der Waals surface area contributed by atoms with Crippen LogP contribution in [-0.4, -0.2) is 47.5 Å². The van der Waals surface area contributed by atoms with Crippen LogP contribution in [0, 0.1) is 0 Å². The van der Waals surface area contributed by atoms with Gasteiger partial charge in [0, 0.05) is 32.6 Å². The van der Waals surface area contributed by atoms with Crippen molar-refractivity contribution in [3.63, 3.8) is 0 Å². The first-order valence-electron chi connectivity index (χ1n) is 4.64. The summed E-state index contributed by atoms with van der Waals surface area (Å²) in [6, 6.07) is 0. The molecule has 0 amide bonds. The molecule has 15 heavy (non-hydrogen) atoms. The van der Waals surface area contributed by atoms with Crippen LogP contribution in [0.2, 0.25) is 5.15 Å². The highest BCUT2D eigenvalue weighted by Crippen LogP contribution is 2.24. The standard InChI is InChI=1S/C9H12ClN3O2/c1-15-7-5-13(4-6(7)14)9-8(10)11-2-3-12-9/h2-3,6-7,14H,4-5H2,1H3/t6-,7-/m1/s1. The van der Waals surface area contributed by atoms with E-state index in [1.54, 1.807) is 13.3 Å². The number of hydrogen-bond donors (Lipinski definition) is 1. The molecule has 1 saturated heterocycles. The predicted octanol–water partition coefficient (Wildman–Crippen LogP) is 0.326. The summed E-state index contributed by atoms with van der Waals surface area (Å²) in [6.45, 7) is 1.05. The van der Waals surface area contributed by atoms with Gasteiger partial charge in [0.05, 0.1) is 6.10 Å². The molecule has 0 aliphatic carbocycles. The second kappa shape index (κ2) is 4.30. The van der Waals surface area contributed by atoms with Gasteiger partial charge >= 0.3 is 0 Å². The monoisotopic (exact) mass is 229 g/mol. The number of aliphatic hydroxyl groups excluding tert-OH is 1. The van der Waals surface area contributed by atoms with Gasteiger partial charge < -0.3 is 14.7 Å². The second-order valence-corrected chi connectivity index (χ2v) is 3.78. The molecule has 5 nitrogen and oxygen atoms in total. The molecule has 0 unspecified atom stereocenters. The molecule has 1 aliphatic rings. The Labute approximate surface area is 92.7 Å². The Morgan fingerprint density at radius 2 is 2.20 bits per heavy atom. The molecular formula is C9H12ClN3O2. The molecule has 0 saturated carbocycles. The highest BCUT2D eigenvalue weighted by atomic mass is 35.5. The number of methoxy groups -OCH3 is 1. The number of rotatable bonds is 2. The fourth-order valence-corrected chi connectivity index (χ4v) is 1.91. The molecule has 0 aromatic carbocycles. The fourth-order valence-electron chi connectivity index (χ4n) is 1.69. The zero-order valence-electron chi connectivity index (χ0n) is 8.30. The lowest BCUT2D eigenvalue weighted by Crippen LogP contribution is -2.25. The normalized spacial score (nSPS) is 25.9. The van der Waals surface area contributed by atoms with Crippen molar-refractivity contribution in [3.05, 3.63) is 17.5 Å². The van der Waals surface area contributed by atoms with Crippen molar-refractivity contribution < 1.29 is 9.84 Å². The number of anilines is 1. The van der Waals surface area contributed by atoms with E-state index in [1.165, 1.54) is 6.20 Å². The molecule has 2 atom stereocenters. The van der Waals surface area contributed by atoms with Gasteiger partial charge in [-0.3, -0.25) is 0 Å². The molecule has 1 aromatic rings. The smallest absolute Gasteiger partial charge is 0.171 e. The van der Waals surface area contributed by atoms with E-state index in [0.717, 1.165) is 0 Å². The summed E-state index contributed by atoms with van der Waals surface area (Å²) < 4.78 is 5.13. The highest BCUT2D eigenvalue weighted by Gasteiger charge is 2.32. The van der Waals surface area contributed by atoms with Gasteiger partial charge in [0.25, 0.3) is 0 Å². The molecule has 0 radical (unpaired) electrons. The zero-order chi connectivity index (χ0) is 10.8. The van der Waals surface area contributed by atoms with Crippen LogP contribution in [0.4, 0.5) is 5.82 Å². The lowest BCUT2D eigenvalue weighted by atomic mass is 10.3. The van der Waals surface area contributed by atoms with Crippen molar-refractivity contribution in [1.29, 1.82) is 0 Å². The van der Waals surface area contributed by atoms with Crippen LogP contribution >= 0.6 is 11.6 Å². The molecular weight excluding hydrogens is 218 g/mol. The van der Waals surface area contributed by atoms with Gasteiger partial charge in [0.1, 0.15) is 6.10 Å². The maximum Gasteiger partial charge on any atom is 0.171 e.